The van der Waals surface area contributed by atoms with Crippen LogP contribution in [0.3, 0.4) is 0 Å². The van der Waals surface area contributed by atoms with Crippen LogP contribution in [-0.2, 0) is 19.1 Å². The second-order valence-electron chi connectivity index (χ2n) is 4.63. The molecule has 0 aromatic carbocycles. The molecule has 2 unspecified atom stereocenters. The monoisotopic (exact) mass is 214 g/mol. The van der Waals surface area contributed by atoms with Gasteiger partial charge in [-0.15, -0.1) is 0 Å². The number of rotatable bonds is 3. The SMILES string of the molecule is COC(=O)CC1CC(OC(C)=O)C1(C)C. The van der Waals surface area contributed by atoms with E-state index in [1.807, 2.05) is 13.8 Å². The molecule has 1 aliphatic rings. The molecule has 1 saturated carbocycles. The molecule has 0 radical (unpaired) electrons. The second kappa shape index (κ2) is 4.21. The summed E-state index contributed by atoms with van der Waals surface area (Å²) in [6.07, 6.45) is 1.09. The van der Waals surface area contributed by atoms with E-state index >= 15 is 0 Å². The van der Waals surface area contributed by atoms with Crippen LogP contribution in [0.5, 0.6) is 0 Å². The van der Waals surface area contributed by atoms with Crippen LogP contribution in [0.1, 0.15) is 33.6 Å². The van der Waals surface area contributed by atoms with E-state index in [4.69, 9.17) is 4.74 Å². The largest absolute Gasteiger partial charge is 0.469 e. The number of carbonyl (C=O) groups excluding carboxylic acids is 2. The van der Waals surface area contributed by atoms with Gasteiger partial charge in [0, 0.05) is 18.8 Å². The maximum Gasteiger partial charge on any atom is 0.305 e. The third-order valence-electron chi connectivity index (χ3n) is 3.33. The van der Waals surface area contributed by atoms with Crippen LogP contribution >= 0.6 is 0 Å². The summed E-state index contributed by atoms with van der Waals surface area (Å²) in [7, 11) is 1.39. The fourth-order valence-electron chi connectivity index (χ4n) is 2.00. The molecule has 4 heteroatoms. The van der Waals surface area contributed by atoms with Gasteiger partial charge in [-0.25, -0.2) is 0 Å². The molecule has 4 nitrogen and oxygen atoms in total. The molecule has 1 rings (SSSR count). The summed E-state index contributed by atoms with van der Waals surface area (Å²) >= 11 is 0. The maximum absolute atomic E-state index is 11.1. The van der Waals surface area contributed by atoms with Crippen LogP contribution in [-0.4, -0.2) is 25.2 Å². The molecular formula is C11H18O4. The molecule has 0 amide bonds. The number of hydrogen-bond acceptors (Lipinski definition) is 4. The molecule has 86 valence electrons. The van der Waals surface area contributed by atoms with Crippen molar-refractivity contribution in [2.45, 2.75) is 39.7 Å². The van der Waals surface area contributed by atoms with Gasteiger partial charge in [0.2, 0.25) is 0 Å². The van der Waals surface area contributed by atoms with E-state index < -0.39 is 0 Å². The van der Waals surface area contributed by atoms with Gasteiger partial charge in [-0.05, 0) is 12.3 Å². The molecule has 0 aromatic rings. The molecular weight excluding hydrogens is 196 g/mol. The quantitative estimate of drug-likeness (QED) is 0.668. The highest BCUT2D eigenvalue weighted by molar-refractivity contribution is 5.70. The lowest BCUT2D eigenvalue weighted by molar-refractivity contribution is -0.177. The minimum atomic E-state index is -0.260. The lowest BCUT2D eigenvalue weighted by atomic mass is 9.59. The van der Waals surface area contributed by atoms with Crippen LogP contribution in [0.15, 0.2) is 0 Å². The van der Waals surface area contributed by atoms with Gasteiger partial charge < -0.3 is 9.47 Å². The van der Waals surface area contributed by atoms with Crippen LogP contribution in [0.25, 0.3) is 0 Å². The van der Waals surface area contributed by atoms with Crippen LogP contribution in [0, 0.1) is 11.3 Å². The van der Waals surface area contributed by atoms with Crippen molar-refractivity contribution < 1.29 is 19.1 Å². The van der Waals surface area contributed by atoms with Crippen molar-refractivity contribution in [2.24, 2.45) is 11.3 Å². The van der Waals surface area contributed by atoms with Gasteiger partial charge in [0.15, 0.2) is 0 Å². The Kier molecular flexibility index (Phi) is 3.37. The molecule has 0 heterocycles. The van der Waals surface area contributed by atoms with E-state index in [-0.39, 0.29) is 29.4 Å². The Labute approximate surface area is 89.9 Å². The highest BCUT2D eigenvalue weighted by atomic mass is 16.5. The van der Waals surface area contributed by atoms with Crippen molar-refractivity contribution in [1.82, 2.24) is 0 Å². The van der Waals surface area contributed by atoms with Gasteiger partial charge in [-0.3, -0.25) is 9.59 Å². The minimum Gasteiger partial charge on any atom is -0.469 e. The van der Waals surface area contributed by atoms with E-state index in [2.05, 4.69) is 4.74 Å². The number of methoxy groups -OCH3 is 1. The summed E-state index contributed by atoms with van der Waals surface area (Å²) in [5.74, 6) is -0.215. The zero-order valence-electron chi connectivity index (χ0n) is 9.70. The van der Waals surface area contributed by atoms with Crippen molar-refractivity contribution >= 4 is 11.9 Å². The summed E-state index contributed by atoms with van der Waals surface area (Å²) in [5, 5.41) is 0. The van der Waals surface area contributed by atoms with E-state index in [0.29, 0.717) is 6.42 Å². The van der Waals surface area contributed by atoms with E-state index in [9.17, 15) is 9.59 Å². The molecule has 15 heavy (non-hydrogen) atoms. The predicted molar refractivity (Wildman–Crippen MR) is 54.1 cm³/mol. The third kappa shape index (κ3) is 2.49. The molecule has 0 aliphatic heterocycles. The summed E-state index contributed by atoms with van der Waals surface area (Å²) in [6, 6.07) is 0. The molecule has 0 bridgehead atoms. The fourth-order valence-corrected chi connectivity index (χ4v) is 2.00. The standard InChI is InChI=1S/C11H18O4/c1-7(12)15-9-5-8(11(9,2)3)6-10(13)14-4/h8-9H,5-6H2,1-4H3. The molecule has 0 spiro atoms. The Bertz CT molecular complexity index is 270. The number of hydrogen-bond donors (Lipinski definition) is 0. The highest BCUT2D eigenvalue weighted by Crippen LogP contribution is 2.49. The van der Waals surface area contributed by atoms with Crippen molar-refractivity contribution in [1.29, 1.82) is 0 Å². The zero-order chi connectivity index (χ0) is 11.6. The van der Waals surface area contributed by atoms with Crippen molar-refractivity contribution in [3.05, 3.63) is 0 Å². The Hall–Kier alpha value is -1.06. The Morgan fingerprint density at radius 1 is 1.40 bits per heavy atom. The molecule has 1 fully saturated rings. The number of esters is 2. The molecule has 0 N–H and O–H groups in total. The summed E-state index contributed by atoms with van der Waals surface area (Å²) in [5.41, 5.74) is -0.125. The molecule has 0 saturated heterocycles. The summed E-state index contributed by atoms with van der Waals surface area (Å²) in [4.78, 5) is 21.9. The van der Waals surface area contributed by atoms with Gasteiger partial charge >= 0.3 is 11.9 Å². The third-order valence-corrected chi connectivity index (χ3v) is 3.33. The van der Waals surface area contributed by atoms with E-state index in [0.717, 1.165) is 6.42 Å². The molecule has 1 aliphatic carbocycles. The highest BCUT2D eigenvalue weighted by Gasteiger charge is 2.50. The first-order valence-corrected chi connectivity index (χ1v) is 5.12. The maximum atomic E-state index is 11.1. The van der Waals surface area contributed by atoms with Gasteiger partial charge in [0.1, 0.15) is 6.10 Å². The zero-order valence-corrected chi connectivity index (χ0v) is 9.70. The van der Waals surface area contributed by atoms with Crippen LogP contribution in [0.4, 0.5) is 0 Å². The summed E-state index contributed by atoms with van der Waals surface area (Å²) in [6.45, 7) is 5.43. The second-order valence-corrected chi connectivity index (χ2v) is 4.63. The first-order chi connectivity index (χ1) is 6.87. The molecule has 2 atom stereocenters. The van der Waals surface area contributed by atoms with Crippen LogP contribution in [0.2, 0.25) is 0 Å². The van der Waals surface area contributed by atoms with Crippen molar-refractivity contribution in [3.8, 4) is 0 Å². The van der Waals surface area contributed by atoms with Gasteiger partial charge in [-0.2, -0.15) is 0 Å². The average molecular weight is 214 g/mol. The Morgan fingerprint density at radius 2 is 2.00 bits per heavy atom. The lowest BCUT2D eigenvalue weighted by Crippen LogP contribution is -2.51. The smallest absolute Gasteiger partial charge is 0.305 e. The fraction of sp³-hybridized carbons (Fsp3) is 0.818. The Balaban J connectivity index is 2.48. The van der Waals surface area contributed by atoms with Gasteiger partial charge in [0.25, 0.3) is 0 Å². The minimum absolute atomic E-state index is 0.0651. The van der Waals surface area contributed by atoms with Crippen LogP contribution < -0.4 is 0 Å². The predicted octanol–water partition coefficient (Wildman–Crippen LogP) is 1.53. The van der Waals surface area contributed by atoms with Crippen molar-refractivity contribution in [3.63, 3.8) is 0 Å². The Morgan fingerprint density at radius 3 is 2.40 bits per heavy atom. The van der Waals surface area contributed by atoms with Gasteiger partial charge in [0.05, 0.1) is 7.11 Å². The molecule has 0 aromatic heterocycles. The summed E-state index contributed by atoms with van der Waals surface area (Å²) < 4.78 is 9.78. The normalized spacial score (nSPS) is 27.7. The average Bonchev–Trinajstić information content (AvgIpc) is 2.15. The first kappa shape index (κ1) is 12.0. The lowest BCUT2D eigenvalue weighted by Gasteiger charge is -2.50. The van der Waals surface area contributed by atoms with Crippen molar-refractivity contribution in [2.75, 3.05) is 7.11 Å². The van der Waals surface area contributed by atoms with E-state index in [1.54, 1.807) is 0 Å². The van der Waals surface area contributed by atoms with E-state index in [1.165, 1.54) is 14.0 Å². The number of ether oxygens (including phenoxy) is 2. The number of carbonyl (C=O) groups is 2. The van der Waals surface area contributed by atoms with Gasteiger partial charge in [-0.1, -0.05) is 13.8 Å². The topological polar surface area (TPSA) is 52.6 Å². The first-order valence-electron chi connectivity index (χ1n) is 5.12.